The van der Waals surface area contributed by atoms with Crippen molar-refractivity contribution >= 4 is 17.6 Å². The van der Waals surface area contributed by atoms with Gasteiger partial charge in [0.2, 0.25) is 5.91 Å². The van der Waals surface area contributed by atoms with Crippen molar-refractivity contribution in [2.24, 2.45) is 11.8 Å². The van der Waals surface area contributed by atoms with Crippen molar-refractivity contribution in [3.8, 4) is 5.75 Å². The molecule has 0 unspecified atom stereocenters. The highest BCUT2D eigenvalue weighted by Crippen LogP contribution is 2.24. The average Bonchev–Trinajstić information content (AvgIpc) is 2.72. The highest BCUT2D eigenvalue weighted by Gasteiger charge is 2.24. The molecule has 0 atom stereocenters. The van der Waals surface area contributed by atoms with Crippen LogP contribution in [0, 0.1) is 11.8 Å². The summed E-state index contributed by atoms with van der Waals surface area (Å²) in [7, 11) is 1.59. The van der Waals surface area contributed by atoms with Crippen molar-refractivity contribution in [2.45, 2.75) is 52.4 Å². The topological polar surface area (TPSA) is 70.7 Å². The summed E-state index contributed by atoms with van der Waals surface area (Å²) in [5.74, 6) is 1.42. The molecule has 1 aliphatic rings. The average molecular weight is 390 g/mol. The minimum Gasteiger partial charge on any atom is -0.495 e. The Hall–Kier alpha value is -2.24. The van der Waals surface area contributed by atoms with Crippen LogP contribution in [-0.2, 0) is 4.79 Å². The van der Waals surface area contributed by atoms with Gasteiger partial charge in [-0.1, -0.05) is 38.8 Å². The Balaban J connectivity index is 1.76. The summed E-state index contributed by atoms with van der Waals surface area (Å²) in [4.78, 5) is 26.8. The van der Waals surface area contributed by atoms with Gasteiger partial charge < -0.3 is 20.3 Å². The summed E-state index contributed by atoms with van der Waals surface area (Å²) in [5, 5.41) is 6.08. The van der Waals surface area contributed by atoms with Crippen molar-refractivity contribution < 1.29 is 14.3 Å². The number of amides is 3. The molecule has 28 heavy (non-hydrogen) atoms. The van der Waals surface area contributed by atoms with Crippen LogP contribution in [0.1, 0.15) is 52.4 Å². The molecule has 0 spiro atoms. The molecular formula is C22H35N3O3. The molecule has 1 heterocycles. The number of nitrogens with one attached hydrogen (secondary N) is 2. The van der Waals surface area contributed by atoms with Crippen LogP contribution in [0.2, 0.25) is 0 Å². The van der Waals surface area contributed by atoms with E-state index in [2.05, 4.69) is 24.5 Å². The lowest BCUT2D eigenvalue weighted by Crippen LogP contribution is -2.44. The number of carbonyl (C=O) groups is 2. The molecule has 3 amide bonds. The summed E-state index contributed by atoms with van der Waals surface area (Å²) in [6, 6.07) is 7.31. The van der Waals surface area contributed by atoms with Gasteiger partial charge in [0.15, 0.2) is 0 Å². The smallest absolute Gasteiger partial charge is 0.321 e. The molecule has 1 aromatic carbocycles. The Morgan fingerprint density at radius 1 is 1.14 bits per heavy atom. The Morgan fingerprint density at radius 3 is 2.39 bits per heavy atom. The summed E-state index contributed by atoms with van der Waals surface area (Å²) in [5.41, 5.74) is 0.683. The second-order valence-electron chi connectivity index (χ2n) is 7.58. The fourth-order valence-corrected chi connectivity index (χ4v) is 3.78. The van der Waals surface area contributed by atoms with E-state index in [4.69, 9.17) is 4.74 Å². The maximum atomic E-state index is 12.5. The number of methoxy groups -OCH3 is 1. The van der Waals surface area contributed by atoms with E-state index in [0.29, 0.717) is 37.0 Å². The second-order valence-corrected chi connectivity index (χ2v) is 7.58. The van der Waals surface area contributed by atoms with Crippen LogP contribution in [-0.4, -0.2) is 43.6 Å². The van der Waals surface area contributed by atoms with Crippen molar-refractivity contribution in [1.29, 1.82) is 0 Å². The monoisotopic (exact) mass is 389 g/mol. The van der Waals surface area contributed by atoms with Gasteiger partial charge in [0.05, 0.1) is 12.8 Å². The fraction of sp³-hybridized carbons (Fsp3) is 0.636. The maximum absolute atomic E-state index is 12.5. The van der Waals surface area contributed by atoms with Gasteiger partial charge in [0, 0.05) is 25.6 Å². The number of anilines is 1. The first-order valence-corrected chi connectivity index (χ1v) is 10.6. The third kappa shape index (κ3) is 6.43. The van der Waals surface area contributed by atoms with Gasteiger partial charge >= 0.3 is 6.03 Å². The van der Waals surface area contributed by atoms with Crippen molar-refractivity contribution in [1.82, 2.24) is 10.2 Å². The van der Waals surface area contributed by atoms with Gasteiger partial charge in [-0.15, -0.1) is 0 Å². The molecule has 156 valence electrons. The lowest BCUT2D eigenvalue weighted by molar-refractivity contribution is -0.125. The molecule has 0 aromatic heterocycles. The normalized spacial score (nSPS) is 14.8. The van der Waals surface area contributed by atoms with Gasteiger partial charge in [-0.25, -0.2) is 4.79 Å². The second kappa shape index (κ2) is 11.6. The first kappa shape index (κ1) is 22.1. The highest BCUT2D eigenvalue weighted by molar-refractivity contribution is 5.91. The van der Waals surface area contributed by atoms with Gasteiger partial charge in [-0.3, -0.25) is 4.79 Å². The van der Waals surface area contributed by atoms with E-state index in [-0.39, 0.29) is 17.9 Å². The standard InChI is InChI=1S/C22H35N3O3/c1-4-8-18(9-5-2)21(26)23-16-17-12-14-25(15-13-17)22(27)24-19-10-6-7-11-20(19)28-3/h6-7,10-11,17-18H,4-5,8-9,12-16H2,1-3H3,(H,23,26)(H,24,27). The van der Waals surface area contributed by atoms with E-state index >= 15 is 0 Å². The van der Waals surface area contributed by atoms with E-state index in [1.54, 1.807) is 7.11 Å². The summed E-state index contributed by atoms with van der Waals surface area (Å²) in [6.07, 6.45) is 5.82. The summed E-state index contributed by atoms with van der Waals surface area (Å²) in [6.45, 7) is 6.37. The summed E-state index contributed by atoms with van der Waals surface area (Å²) >= 11 is 0. The first-order valence-electron chi connectivity index (χ1n) is 10.6. The van der Waals surface area contributed by atoms with E-state index in [1.807, 2.05) is 29.2 Å². The molecule has 1 aliphatic heterocycles. The zero-order chi connectivity index (χ0) is 20.4. The molecule has 1 saturated heterocycles. The predicted molar refractivity (Wildman–Crippen MR) is 113 cm³/mol. The number of rotatable bonds is 9. The SMILES string of the molecule is CCCC(CCC)C(=O)NCC1CCN(C(=O)Nc2ccccc2OC)CC1. The van der Waals surface area contributed by atoms with Crippen LogP contribution >= 0.6 is 0 Å². The third-order valence-electron chi connectivity index (χ3n) is 5.46. The molecule has 1 aromatic rings. The molecule has 6 nitrogen and oxygen atoms in total. The molecular weight excluding hydrogens is 354 g/mol. The van der Waals surface area contributed by atoms with Crippen molar-refractivity contribution in [3.05, 3.63) is 24.3 Å². The van der Waals surface area contributed by atoms with E-state index in [9.17, 15) is 9.59 Å². The Morgan fingerprint density at radius 2 is 1.79 bits per heavy atom. The number of nitrogens with zero attached hydrogens (tertiary/aromatic N) is 1. The quantitative estimate of drug-likeness (QED) is 0.662. The van der Waals surface area contributed by atoms with E-state index in [0.717, 1.165) is 38.5 Å². The predicted octanol–water partition coefficient (Wildman–Crippen LogP) is 4.27. The Labute approximate surface area is 169 Å². The molecule has 0 aliphatic carbocycles. The molecule has 6 heteroatoms. The zero-order valence-corrected chi connectivity index (χ0v) is 17.5. The minimum absolute atomic E-state index is 0.0991. The van der Waals surface area contributed by atoms with Crippen molar-refractivity contribution in [3.63, 3.8) is 0 Å². The minimum atomic E-state index is -0.0991. The van der Waals surface area contributed by atoms with Crippen LogP contribution < -0.4 is 15.4 Å². The number of para-hydroxylation sites is 2. The zero-order valence-electron chi connectivity index (χ0n) is 17.5. The van der Waals surface area contributed by atoms with Crippen LogP contribution in [0.3, 0.4) is 0 Å². The van der Waals surface area contributed by atoms with Gasteiger partial charge in [-0.05, 0) is 43.7 Å². The van der Waals surface area contributed by atoms with E-state index < -0.39 is 0 Å². The number of ether oxygens (including phenoxy) is 1. The maximum Gasteiger partial charge on any atom is 0.321 e. The lowest BCUT2D eigenvalue weighted by atomic mass is 9.95. The van der Waals surface area contributed by atoms with E-state index in [1.165, 1.54) is 0 Å². The number of hydrogen-bond acceptors (Lipinski definition) is 3. The Kier molecular flexibility index (Phi) is 9.11. The number of carbonyl (C=O) groups excluding carboxylic acids is 2. The first-order chi connectivity index (χ1) is 13.6. The third-order valence-corrected chi connectivity index (χ3v) is 5.46. The van der Waals surface area contributed by atoms with Crippen LogP contribution in [0.25, 0.3) is 0 Å². The number of piperidine rings is 1. The molecule has 0 radical (unpaired) electrons. The fourth-order valence-electron chi connectivity index (χ4n) is 3.78. The van der Waals surface area contributed by atoms with Crippen LogP contribution in [0.4, 0.5) is 10.5 Å². The molecule has 2 rings (SSSR count). The largest absolute Gasteiger partial charge is 0.495 e. The van der Waals surface area contributed by atoms with Crippen LogP contribution in [0.5, 0.6) is 5.75 Å². The molecule has 0 bridgehead atoms. The molecule has 1 fully saturated rings. The molecule has 0 saturated carbocycles. The Bertz CT molecular complexity index is 621. The number of benzene rings is 1. The highest BCUT2D eigenvalue weighted by atomic mass is 16.5. The number of urea groups is 1. The van der Waals surface area contributed by atoms with Crippen molar-refractivity contribution in [2.75, 3.05) is 32.1 Å². The van der Waals surface area contributed by atoms with Gasteiger partial charge in [0.25, 0.3) is 0 Å². The number of likely N-dealkylation sites (tertiary alicyclic amines) is 1. The lowest BCUT2D eigenvalue weighted by Gasteiger charge is -2.32. The van der Waals surface area contributed by atoms with Crippen LogP contribution in [0.15, 0.2) is 24.3 Å². The number of hydrogen-bond donors (Lipinski definition) is 2. The van der Waals surface area contributed by atoms with Gasteiger partial charge in [0.1, 0.15) is 5.75 Å². The summed E-state index contributed by atoms with van der Waals surface area (Å²) < 4.78 is 5.29. The van der Waals surface area contributed by atoms with Gasteiger partial charge in [-0.2, -0.15) is 0 Å². The molecule has 2 N–H and O–H groups in total.